The highest BCUT2D eigenvalue weighted by atomic mass is 16.5. The van der Waals surface area contributed by atoms with Gasteiger partial charge in [0.25, 0.3) is 0 Å². The summed E-state index contributed by atoms with van der Waals surface area (Å²) in [7, 11) is 0. The molecule has 1 aliphatic heterocycles. The molecule has 0 atom stereocenters. The minimum Gasteiger partial charge on any atom is -0.462 e. The van der Waals surface area contributed by atoms with Gasteiger partial charge < -0.3 is 20.3 Å². The normalized spacial score (nSPS) is 17.6. The molecule has 0 bridgehead atoms. The zero-order chi connectivity index (χ0) is 20.8. The van der Waals surface area contributed by atoms with Crippen LogP contribution >= 0.6 is 0 Å². The van der Waals surface area contributed by atoms with Crippen LogP contribution < -0.4 is 15.5 Å². The van der Waals surface area contributed by atoms with Gasteiger partial charge in [-0.1, -0.05) is 19.3 Å². The van der Waals surface area contributed by atoms with Crippen LogP contribution in [0.4, 0.5) is 11.6 Å². The van der Waals surface area contributed by atoms with E-state index in [2.05, 4.69) is 26.6 Å². The maximum atomic E-state index is 12.5. The first-order valence-electron chi connectivity index (χ1n) is 11.1. The molecule has 2 N–H and O–H groups in total. The molecule has 2 fully saturated rings. The maximum Gasteiger partial charge on any atom is 0.341 e. The number of nitrogens with zero attached hydrogens (tertiary/aromatic N) is 3. The van der Waals surface area contributed by atoms with Gasteiger partial charge in [0.05, 0.1) is 12.3 Å². The Labute approximate surface area is 178 Å². The number of hydrogen-bond donors (Lipinski definition) is 2. The quantitative estimate of drug-likeness (QED) is 0.707. The van der Waals surface area contributed by atoms with E-state index >= 15 is 0 Å². The van der Waals surface area contributed by atoms with Crippen molar-refractivity contribution in [3.05, 3.63) is 36.0 Å². The lowest BCUT2D eigenvalue weighted by atomic mass is 9.95. The molecule has 30 heavy (non-hydrogen) atoms. The monoisotopic (exact) mass is 409 g/mol. The first-order chi connectivity index (χ1) is 14.7. The van der Waals surface area contributed by atoms with Crippen LogP contribution in [0.1, 0.15) is 49.4 Å². The van der Waals surface area contributed by atoms with Gasteiger partial charge in [0.2, 0.25) is 0 Å². The lowest BCUT2D eigenvalue weighted by Crippen LogP contribution is -2.44. The maximum absolute atomic E-state index is 12.5. The third-order valence-corrected chi connectivity index (χ3v) is 5.80. The second kappa shape index (κ2) is 9.89. The van der Waals surface area contributed by atoms with E-state index in [0.717, 1.165) is 43.3 Å². The number of nitrogens with one attached hydrogen (secondary N) is 2. The van der Waals surface area contributed by atoms with Crippen molar-refractivity contribution in [3.8, 4) is 11.3 Å². The highest BCUT2D eigenvalue weighted by Crippen LogP contribution is 2.27. The molecule has 1 saturated heterocycles. The van der Waals surface area contributed by atoms with Crippen LogP contribution in [-0.2, 0) is 4.74 Å². The predicted octanol–water partition coefficient (Wildman–Crippen LogP) is 3.47. The number of hydrogen-bond acceptors (Lipinski definition) is 7. The van der Waals surface area contributed by atoms with Gasteiger partial charge in [-0.3, -0.25) is 0 Å². The smallest absolute Gasteiger partial charge is 0.341 e. The van der Waals surface area contributed by atoms with Crippen molar-refractivity contribution in [1.29, 1.82) is 0 Å². The van der Waals surface area contributed by atoms with Crippen LogP contribution in [0, 0.1) is 0 Å². The highest BCUT2D eigenvalue weighted by molar-refractivity contribution is 5.95. The number of anilines is 2. The van der Waals surface area contributed by atoms with E-state index in [-0.39, 0.29) is 5.97 Å². The van der Waals surface area contributed by atoms with Gasteiger partial charge in [-0.25, -0.2) is 14.8 Å². The second-order valence-electron chi connectivity index (χ2n) is 7.93. The van der Waals surface area contributed by atoms with E-state index in [4.69, 9.17) is 9.72 Å². The number of aromatic nitrogens is 2. The predicted molar refractivity (Wildman–Crippen MR) is 119 cm³/mol. The highest BCUT2D eigenvalue weighted by Gasteiger charge is 2.22. The second-order valence-corrected chi connectivity index (χ2v) is 7.93. The summed E-state index contributed by atoms with van der Waals surface area (Å²) in [6.07, 6.45) is 8.12. The minimum atomic E-state index is -0.320. The molecule has 160 valence electrons. The summed E-state index contributed by atoms with van der Waals surface area (Å²) in [6.45, 7) is 5.54. The fourth-order valence-corrected chi connectivity index (χ4v) is 4.22. The average Bonchev–Trinajstić information content (AvgIpc) is 2.80. The number of carbonyl (C=O) groups is 1. The number of esters is 1. The fraction of sp³-hybridized carbons (Fsp3) is 0.522. The first kappa shape index (κ1) is 20.6. The summed E-state index contributed by atoms with van der Waals surface area (Å²) in [5.74, 6) is 1.27. The van der Waals surface area contributed by atoms with Crippen LogP contribution in [0.5, 0.6) is 0 Å². The largest absolute Gasteiger partial charge is 0.462 e. The minimum absolute atomic E-state index is 0.320. The molecule has 0 amide bonds. The summed E-state index contributed by atoms with van der Waals surface area (Å²) < 4.78 is 5.27. The van der Waals surface area contributed by atoms with Crippen molar-refractivity contribution in [2.24, 2.45) is 0 Å². The SMILES string of the molecule is CCOC(=O)c1ccc(-c2ccnc(NC3CCCCC3)c2)nc1N1CCNCC1. The van der Waals surface area contributed by atoms with Crippen LogP contribution in [-0.4, -0.2) is 54.8 Å². The lowest BCUT2D eigenvalue weighted by Gasteiger charge is -2.30. The zero-order valence-corrected chi connectivity index (χ0v) is 17.7. The van der Waals surface area contributed by atoms with Crippen LogP contribution in [0.25, 0.3) is 11.3 Å². The lowest BCUT2D eigenvalue weighted by molar-refractivity contribution is 0.0526. The molecule has 7 heteroatoms. The Morgan fingerprint density at radius 2 is 2.00 bits per heavy atom. The topological polar surface area (TPSA) is 79.4 Å². The molecule has 2 aromatic heterocycles. The molecule has 0 aromatic carbocycles. The van der Waals surface area contributed by atoms with Gasteiger partial charge in [0, 0.05) is 44.0 Å². The Kier molecular flexibility index (Phi) is 6.79. The van der Waals surface area contributed by atoms with E-state index in [1.54, 1.807) is 0 Å². The number of ether oxygens (including phenoxy) is 1. The summed E-state index contributed by atoms with van der Waals surface area (Å²) in [5.41, 5.74) is 2.36. The number of rotatable bonds is 6. The van der Waals surface area contributed by atoms with Crippen molar-refractivity contribution >= 4 is 17.6 Å². The number of piperazine rings is 1. The molecule has 1 saturated carbocycles. The van der Waals surface area contributed by atoms with Crippen molar-refractivity contribution in [3.63, 3.8) is 0 Å². The molecule has 4 rings (SSSR count). The van der Waals surface area contributed by atoms with E-state index < -0.39 is 0 Å². The average molecular weight is 410 g/mol. The fourth-order valence-electron chi connectivity index (χ4n) is 4.22. The van der Waals surface area contributed by atoms with Gasteiger partial charge in [-0.2, -0.15) is 0 Å². The van der Waals surface area contributed by atoms with Gasteiger partial charge in [-0.15, -0.1) is 0 Å². The molecule has 3 heterocycles. The molecular formula is C23H31N5O2. The molecule has 2 aromatic rings. The van der Waals surface area contributed by atoms with Crippen molar-refractivity contribution in [2.75, 3.05) is 43.0 Å². The Balaban J connectivity index is 1.62. The van der Waals surface area contributed by atoms with E-state index in [9.17, 15) is 4.79 Å². The first-order valence-corrected chi connectivity index (χ1v) is 11.1. The third kappa shape index (κ3) is 4.90. The summed E-state index contributed by atoms with van der Waals surface area (Å²) in [4.78, 5) is 24.1. The van der Waals surface area contributed by atoms with Gasteiger partial charge in [-0.05, 0) is 44.0 Å². The Morgan fingerprint density at radius 3 is 2.77 bits per heavy atom. The Bertz CT molecular complexity index is 860. The molecule has 1 aliphatic carbocycles. The van der Waals surface area contributed by atoms with Gasteiger partial charge >= 0.3 is 5.97 Å². The van der Waals surface area contributed by atoms with E-state index in [1.165, 1.54) is 32.1 Å². The number of carbonyl (C=O) groups excluding carboxylic acids is 1. The van der Waals surface area contributed by atoms with Crippen LogP contribution in [0.15, 0.2) is 30.5 Å². The summed E-state index contributed by atoms with van der Waals surface area (Å²) >= 11 is 0. The molecule has 7 nitrogen and oxygen atoms in total. The standard InChI is InChI=1S/C23H31N5O2/c1-2-30-23(29)19-8-9-20(27-22(19)28-14-12-24-13-15-28)17-10-11-25-21(16-17)26-18-6-4-3-5-7-18/h8-11,16,18,24H,2-7,12-15H2,1H3,(H,25,26). The number of pyridine rings is 2. The molecule has 0 unspecified atom stereocenters. The van der Waals surface area contributed by atoms with E-state index in [1.807, 2.05) is 31.3 Å². The van der Waals surface area contributed by atoms with Crippen molar-refractivity contribution < 1.29 is 9.53 Å². The Hall–Kier alpha value is -2.67. The van der Waals surface area contributed by atoms with Crippen LogP contribution in [0.2, 0.25) is 0 Å². The van der Waals surface area contributed by atoms with Crippen molar-refractivity contribution in [1.82, 2.24) is 15.3 Å². The molecule has 0 spiro atoms. The van der Waals surface area contributed by atoms with E-state index in [0.29, 0.717) is 24.0 Å². The van der Waals surface area contributed by atoms with Crippen LogP contribution in [0.3, 0.4) is 0 Å². The summed E-state index contributed by atoms with van der Waals surface area (Å²) in [6, 6.07) is 8.27. The molecule has 2 aliphatic rings. The van der Waals surface area contributed by atoms with Gasteiger partial charge in [0.15, 0.2) is 0 Å². The third-order valence-electron chi connectivity index (χ3n) is 5.80. The van der Waals surface area contributed by atoms with Crippen molar-refractivity contribution in [2.45, 2.75) is 45.1 Å². The summed E-state index contributed by atoms with van der Waals surface area (Å²) in [5, 5.41) is 6.93. The Morgan fingerprint density at radius 1 is 1.20 bits per heavy atom. The zero-order valence-electron chi connectivity index (χ0n) is 17.7. The molecular weight excluding hydrogens is 378 g/mol. The van der Waals surface area contributed by atoms with Gasteiger partial charge in [0.1, 0.15) is 17.2 Å². The molecule has 0 radical (unpaired) electrons.